The van der Waals surface area contributed by atoms with Gasteiger partial charge in [0.25, 0.3) is 0 Å². The third-order valence-electron chi connectivity index (χ3n) is 5.28. The van der Waals surface area contributed by atoms with Gasteiger partial charge in [-0.05, 0) is 48.2 Å². The Bertz CT molecular complexity index is 1200. The minimum atomic E-state index is -0.454. The first-order chi connectivity index (χ1) is 14.5. The number of furan rings is 1. The molecular formula is C26H22O4. The van der Waals surface area contributed by atoms with E-state index in [1.54, 1.807) is 18.4 Å². The molecule has 4 aromatic rings. The summed E-state index contributed by atoms with van der Waals surface area (Å²) in [6, 6.07) is 21.2. The van der Waals surface area contributed by atoms with E-state index in [1.807, 2.05) is 68.4 Å². The van der Waals surface area contributed by atoms with Crippen molar-refractivity contribution < 1.29 is 18.7 Å². The van der Waals surface area contributed by atoms with Crippen LogP contribution in [0.4, 0.5) is 0 Å². The normalized spacial score (nSPS) is 10.9. The second kappa shape index (κ2) is 8.37. The third kappa shape index (κ3) is 4.18. The van der Waals surface area contributed by atoms with Crippen molar-refractivity contribution in [3.63, 3.8) is 0 Å². The van der Waals surface area contributed by atoms with Gasteiger partial charge in [0.1, 0.15) is 5.58 Å². The Morgan fingerprint density at radius 2 is 1.53 bits per heavy atom. The lowest BCUT2D eigenvalue weighted by molar-refractivity contribution is -0.141. The molecule has 0 N–H and O–H groups in total. The molecule has 0 aliphatic rings. The average molecular weight is 398 g/mol. The highest BCUT2D eigenvalue weighted by Crippen LogP contribution is 2.25. The highest BCUT2D eigenvalue weighted by atomic mass is 16.5. The fraction of sp³-hybridized carbons (Fsp3) is 0.154. The zero-order chi connectivity index (χ0) is 21.1. The summed E-state index contributed by atoms with van der Waals surface area (Å²) in [6.07, 6.45) is 1.64. The molecule has 0 amide bonds. The van der Waals surface area contributed by atoms with Gasteiger partial charge in [-0.3, -0.25) is 9.59 Å². The van der Waals surface area contributed by atoms with Gasteiger partial charge in [-0.2, -0.15) is 0 Å². The summed E-state index contributed by atoms with van der Waals surface area (Å²) in [4.78, 5) is 24.7. The number of carbonyl (C=O) groups excluding carboxylic acids is 2. The Labute approximate surface area is 175 Å². The molecule has 0 aliphatic carbocycles. The molecule has 4 heteroatoms. The van der Waals surface area contributed by atoms with E-state index in [-0.39, 0.29) is 18.8 Å². The van der Waals surface area contributed by atoms with E-state index in [0.717, 1.165) is 38.8 Å². The molecule has 0 saturated heterocycles. The van der Waals surface area contributed by atoms with Gasteiger partial charge in [0.2, 0.25) is 0 Å². The van der Waals surface area contributed by atoms with Crippen LogP contribution in [-0.2, 0) is 16.0 Å². The number of hydrogen-bond acceptors (Lipinski definition) is 4. The van der Waals surface area contributed by atoms with Gasteiger partial charge in [-0.25, -0.2) is 0 Å². The molecule has 4 rings (SSSR count). The van der Waals surface area contributed by atoms with Crippen molar-refractivity contribution in [1.29, 1.82) is 0 Å². The van der Waals surface area contributed by atoms with Gasteiger partial charge in [0.15, 0.2) is 12.4 Å². The Balaban J connectivity index is 1.37. The van der Waals surface area contributed by atoms with Crippen LogP contribution in [0.3, 0.4) is 0 Å². The number of ketones is 1. The summed E-state index contributed by atoms with van der Waals surface area (Å²) < 4.78 is 10.8. The molecule has 1 aromatic heterocycles. The summed E-state index contributed by atoms with van der Waals surface area (Å²) in [7, 11) is 0. The van der Waals surface area contributed by atoms with Crippen LogP contribution in [0.5, 0.6) is 0 Å². The van der Waals surface area contributed by atoms with Crippen molar-refractivity contribution in [2.75, 3.05) is 6.61 Å². The number of rotatable bonds is 6. The van der Waals surface area contributed by atoms with Crippen molar-refractivity contribution >= 4 is 22.7 Å². The first kappa shape index (κ1) is 19.6. The molecule has 1 heterocycles. The lowest BCUT2D eigenvalue weighted by atomic mass is 10.0. The van der Waals surface area contributed by atoms with Gasteiger partial charge < -0.3 is 9.15 Å². The Morgan fingerprint density at radius 3 is 2.27 bits per heavy atom. The second-order valence-electron chi connectivity index (χ2n) is 7.40. The zero-order valence-electron chi connectivity index (χ0n) is 17.0. The standard InChI is InChI=1S/C26H22O4/c1-17-12-23-22(15-29-25(23)13-18(17)2)14-26(28)30-16-24(27)21-10-8-20(9-11-21)19-6-4-3-5-7-19/h3-13,15H,14,16H2,1-2H3. The largest absolute Gasteiger partial charge is 0.464 e. The molecule has 0 aliphatic heterocycles. The van der Waals surface area contributed by atoms with Gasteiger partial charge in [-0.15, -0.1) is 0 Å². The minimum absolute atomic E-state index is 0.0652. The first-order valence-corrected chi connectivity index (χ1v) is 9.83. The lowest BCUT2D eigenvalue weighted by Crippen LogP contribution is -2.15. The molecule has 0 radical (unpaired) electrons. The van der Waals surface area contributed by atoms with Crippen LogP contribution in [0.15, 0.2) is 77.4 Å². The van der Waals surface area contributed by atoms with Crippen LogP contribution < -0.4 is 0 Å². The number of aryl methyl sites for hydroxylation is 2. The van der Waals surface area contributed by atoms with E-state index >= 15 is 0 Å². The topological polar surface area (TPSA) is 56.5 Å². The molecule has 0 unspecified atom stereocenters. The molecule has 3 aromatic carbocycles. The lowest BCUT2D eigenvalue weighted by Gasteiger charge is -2.06. The molecular weight excluding hydrogens is 376 g/mol. The van der Waals surface area contributed by atoms with Crippen LogP contribution in [-0.4, -0.2) is 18.4 Å². The van der Waals surface area contributed by atoms with E-state index in [9.17, 15) is 9.59 Å². The number of benzene rings is 3. The van der Waals surface area contributed by atoms with E-state index in [2.05, 4.69) is 0 Å². The number of fused-ring (bicyclic) bond motifs is 1. The maximum absolute atomic E-state index is 12.4. The summed E-state index contributed by atoms with van der Waals surface area (Å²) >= 11 is 0. The van der Waals surface area contributed by atoms with Gasteiger partial charge in [0.05, 0.1) is 12.7 Å². The summed E-state index contributed by atoms with van der Waals surface area (Å²) in [5, 5.41) is 0.901. The number of carbonyl (C=O) groups is 2. The zero-order valence-corrected chi connectivity index (χ0v) is 17.0. The Hall–Kier alpha value is -3.66. The molecule has 30 heavy (non-hydrogen) atoms. The predicted molar refractivity (Wildman–Crippen MR) is 117 cm³/mol. The summed E-state index contributed by atoms with van der Waals surface area (Å²) in [5.41, 5.74) is 6.40. The molecule has 150 valence electrons. The van der Waals surface area contributed by atoms with Gasteiger partial charge >= 0.3 is 5.97 Å². The van der Waals surface area contributed by atoms with Crippen LogP contribution in [0.1, 0.15) is 27.0 Å². The van der Waals surface area contributed by atoms with Crippen molar-refractivity contribution in [2.24, 2.45) is 0 Å². The number of esters is 1. The fourth-order valence-electron chi connectivity index (χ4n) is 3.39. The van der Waals surface area contributed by atoms with Crippen molar-refractivity contribution in [3.8, 4) is 11.1 Å². The monoisotopic (exact) mass is 398 g/mol. The quantitative estimate of drug-likeness (QED) is 0.309. The molecule has 0 spiro atoms. The minimum Gasteiger partial charge on any atom is -0.464 e. The summed E-state index contributed by atoms with van der Waals surface area (Å²) in [5.74, 6) is -0.684. The van der Waals surface area contributed by atoms with E-state index in [1.165, 1.54) is 0 Å². The SMILES string of the molecule is Cc1cc2occ(CC(=O)OCC(=O)c3ccc(-c4ccccc4)cc3)c2cc1C. The van der Waals surface area contributed by atoms with E-state index in [4.69, 9.17) is 9.15 Å². The molecule has 0 bridgehead atoms. The number of ether oxygens (including phenoxy) is 1. The van der Waals surface area contributed by atoms with Crippen LogP contribution in [0.25, 0.3) is 22.1 Å². The second-order valence-corrected chi connectivity index (χ2v) is 7.40. The highest BCUT2D eigenvalue weighted by Gasteiger charge is 2.15. The number of Topliss-reactive ketones (excluding diaryl/α,β-unsaturated/α-hetero) is 1. The van der Waals surface area contributed by atoms with Gasteiger partial charge in [-0.1, -0.05) is 54.6 Å². The van der Waals surface area contributed by atoms with E-state index in [0.29, 0.717) is 5.56 Å². The third-order valence-corrected chi connectivity index (χ3v) is 5.28. The highest BCUT2D eigenvalue weighted by molar-refractivity contribution is 5.98. The first-order valence-electron chi connectivity index (χ1n) is 9.83. The fourth-order valence-corrected chi connectivity index (χ4v) is 3.39. The van der Waals surface area contributed by atoms with Crippen LogP contribution in [0, 0.1) is 13.8 Å². The predicted octanol–water partition coefficient (Wildman–Crippen LogP) is 5.69. The smallest absolute Gasteiger partial charge is 0.310 e. The molecule has 4 nitrogen and oxygen atoms in total. The molecule has 0 saturated carbocycles. The van der Waals surface area contributed by atoms with E-state index < -0.39 is 5.97 Å². The maximum Gasteiger partial charge on any atom is 0.310 e. The maximum atomic E-state index is 12.4. The average Bonchev–Trinajstić information content (AvgIpc) is 3.14. The van der Waals surface area contributed by atoms with Crippen LogP contribution >= 0.6 is 0 Å². The summed E-state index contributed by atoms with van der Waals surface area (Å²) in [6.45, 7) is 3.76. The number of hydrogen-bond donors (Lipinski definition) is 0. The Kier molecular flexibility index (Phi) is 5.48. The molecule has 0 atom stereocenters. The van der Waals surface area contributed by atoms with Crippen molar-refractivity contribution in [2.45, 2.75) is 20.3 Å². The van der Waals surface area contributed by atoms with Crippen LogP contribution in [0.2, 0.25) is 0 Å². The molecule has 0 fully saturated rings. The van der Waals surface area contributed by atoms with Crippen molar-refractivity contribution in [3.05, 3.63) is 95.2 Å². The van der Waals surface area contributed by atoms with Crippen molar-refractivity contribution in [1.82, 2.24) is 0 Å². The Morgan fingerprint density at radius 1 is 0.867 bits per heavy atom. The van der Waals surface area contributed by atoms with Gasteiger partial charge in [0, 0.05) is 16.5 Å².